The Morgan fingerprint density at radius 1 is 1.23 bits per heavy atom. The minimum absolute atomic E-state index is 0.159. The molecule has 0 fully saturated rings. The summed E-state index contributed by atoms with van der Waals surface area (Å²) in [5.41, 5.74) is -0.984. The van der Waals surface area contributed by atoms with Crippen molar-refractivity contribution >= 4 is 16.7 Å². The molecule has 1 amide bonds. The molecule has 10 heteroatoms. The fraction of sp³-hybridized carbons (Fsp3) is 0.438. The molecule has 7 nitrogen and oxygen atoms in total. The average molecular weight is 372 g/mol. The van der Waals surface area contributed by atoms with Crippen molar-refractivity contribution in [2.24, 2.45) is 0 Å². The van der Waals surface area contributed by atoms with Crippen molar-refractivity contribution in [3.63, 3.8) is 0 Å². The summed E-state index contributed by atoms with van der Waals surface area (Å²) in [5.74, 6) is -0.517. The molecule has 0 radical (unpaired) electrons. The molecule has 0 bridgehead atoms. The first kappa shape index (κ1) is 19.7. The number of rotatable bonds is 7. The van der Waals surface area contributed by atoms with Crippen LogP contribution in [0.2, 0.25) is 0 Å². The molecule has 0 spiro atoms. The van der Waals surface area contributed by atoms with Crippen LogP contribution in [0.1, 0.15) is 6.42 Å². The van der Waals surface area contributed by atoms with Gasteiger partial charge in [0.1, 0.15) is 6.54 Å². The van der Waals surface area contributed by atoms with Crippen molar-refractivity contribution < 1.29 is 18.0 Å². The maximum absolute atomic E-state index is 12.3. The molecule has 0 aliphatic heterocycles. The van der Waals surface area contributed by atoms with Crippen LogP contribution in [0.15, 0.2) is 33.9 Å². The second kappa shape index (κ2) is 8.17. The number of benzene rings is 1. The second-order valence-electron chi connectivity index (χ2n) is 5.93. The van der Waals surface area contributed by atoms with E-state index < -0.39 is 29.7 Å². The molecule has 0 saturated heterocycles. The van der Waals surface area contributed by atoms with E-state index in [2.05, 4.69) is 10.4 Å². The molecule has 2 aromatic rings. The molecule has 0 aliphatic rings. The summed E-state index contributed by atoms with van der Waals surface area (Å²) in [7, 11) is 1.34. The molecular weight excluding hydrogens is 353 g/mol. The number of carbonyl (C=O) groups is 1. The van der Waals surface area contributed by atoms with Crippen molar-refractivity contribution in [2.45, 2.75) is 19.1 Å². The quantitative estimate of drug-likeness (QED) is 0.700. The van der Waals surface area contributed by atoms with Gasteiger partial charge in [0.25, 0.3) is 11.1 Å². The molecule has 1 heterocycles. The summed E-state index contributed by atoms with van der Waals surface area (Å²) in [5, 5.41) is 5.30. The highest BCUT2D eigenvalue weighted by atomic mass is 19.4. The van der Waals surface area contributed by atoms with Crippen LogP contribution in [0.4, 0.5) is 13.2 Å². The van der Waals surface area contributed by atoms with Crippen molar-refractivity contribution in [3.05, 3.63) is 45.0 Å². The molecule has 2 N–H and O–H groups in total. The number of nitrogens with one attached hydrogen (secondary N) is 2. The van der Waals surface area contributed by atoms with Crippen molar-refractivity contribution in [1.29, 1.82) is 0 Å². The monoisotopic (exact) mass is 372 g/mol. The predicted octanol–water partition coefficient (Wildman–Crippen LogP) is 0.690. The van der Waals surface area contributed by atoms with Crippen LogP contribution < -0.4 is 16.4 Å². The Labute approximate surface area is 146 Å². The molecule has 0 unspecified atom stereocenters. The van der Waals surface area contributed by atoms with Gasteiger partial charge >= 0.3 is 6.18 Å². The highest BCUT2D eigenvalue weighted by Gasteiger charge is 2.28. The lowest BCUT2D eigenvalue weighted by atomic mass is 10.2. The Hall–Kier alpha value is -2.62. The minimum atomic E-state index is -4.26. The van der Waals surface area contributed by atoms with E-state index in [0.717, 1.165) is 9.58 Å². The van der Waals surface area contributed by atoms with Crippen LogP contribution in [0.25, 0.3) is 10.8 Å². The van der Waals surface area contributed by atoms with Crippen LogP contribution >= 0.6 is 0 Å². The molecule has 26 heavy (non-hydrogen) atoms. The third-order valence-electron chi connectivity index (χ3n) is 3.67. The summed E-state index contributed by atoms with van der Waals surface area (Å²) in [6.07, 6.45) is -3.94. The fourth-order valence-electron chi connectivity index (χ4n) is 2.52. The number of amides is 1. The van der Waals surface area contributed by atoms with Gasteiger partial charge in [0.15, 0.2) is 0 Å². The number of carbonyl (C=O) groups excluding carboxylic acids is 1. The zero-order valence-electron chi connectivity index (χ0n) is 14.1. The molecule has 1 aromatic heterocycles. The van der Waals surface area contributed by atoms with Crippen molar-refractivity contribution in [2.75, 3.05) is 26.7 Å². The van der Waals surface area contributed by atoms with Crippen molar-refractivity contribution in [3.8, 4) is 0 Å². The van der Waals surface area contributed by atoms with Gasteiger partial charge in [0, 0.05) is 6.54 Å². The first-order chi connectivity index (χ1) is 12.2. The van der Waals surface area contributed by atoms with E-state index in [1.807, 2.05) is 0 Å². The van der Waals surface area contributed by atoms with Gasteiger partial charge < -0.3 is 5.32 Å². The zero-order chi connectivity index (χ0) is 19.3. The van der Waals surface area contributed by atoms with Gasteiger partial charge in [-0.1, -0.05) is 12.1 Å². The van der Waals surface area contributed by atoms with Gasteiger partial charge in [-0.3, -0.25) is 24.4 Å². The third kappa shape index (κ3) is 5.45. The van der Waals surface area contributed by atoms with Crippen LogP contribution in [0, 0.1) is 0 Å². The molecule has 0 aliphatic carbocycles. The number of hydrogen-bond acceptors (Lipinski definition) is 4. The molecule has 0 saturated carbocycles. The lowest BCUT2D eigenvalue weighted by Crippen LogP contribution is -2.38. The summed E-state index contributed by atoms with van der Waals surface area (Å²) < 4.78 is 37.5. The van der Waals surface area contributed by atoms with E-state index in [1.165, 1.54) is 19.2 Å². The predicted molar refractivity (Wildman–Crippen MR) is 90.0 cm³/mol. The number of aromatic nitrogens is 2. The fourth-order valence-corrected chi connectivity index (χ4v) is 2.52. The number of H-pyrrole nitrogens is 1. The standard InChI is InChI=1S/C16H19F3N4O3/c1-22(10-16(17,18)19)8-4-7-20-13(24)9-23-15(26)12-6-3-2-5-11(12)14(25)21-23/h2-3,5-6H,4,7-10H2,1H3,(H,20,24)(H,21,25). The Morgan fingerprint density at radius 3 is 2.54 bits per heavy atom. The first-order valence-electron chi connectivity index (χ1n) is 7.91. The average Bonchev–Trinajstić information content (AvgIpc) is 2.55. The lowest BCUT2D eigenvalue weighted by Gasteiger charge is -2.18. The number of nitrogens with zero attached hydrogens (tertiary/aromatic N) is 2. The van der Waals surface area contributed by atoms with Gasteiger partial charge in [0.2, 0.25) is 5.91 Å². The third-order valence-corrected chi connectivity index (χ3v) is 3.67. The molecule has 2 rings (SSSR count). The summed E-state index contributed by atoms with van der Waals surface area (Å²) in [6.45, 7) is -1.08. The summed E-state index contributed by atoms with van der Waals surface area (Å²) >= 11 is 0. The van der Waals surface area contributed by atoms with E-state index in [4.69, 9.17) is 0 Å². The van der Waals surface area contributed by atoms with E-state index in [0.29, 0.717) is 6.42 Å². The smallest absolute Gasteiger partial charge is 0.354 e. The minimum Gasteiger partial charge on any atom is -0.354 e. The molecule has 1 aromatic carbocycles. The highest BCUT2D eigenvalue weighted by molar-refractivity contribution is 5.81. The van der Waals surface area contributed by atoms with Gasteiger partial charge in [0.05, 0.1) is 17.3 Å². The van der Waals surface area contributed by atoms with E-state index in [1.54, 1.807) is 12.1 Å². The number of hydrogen-bond donors (Lipinski definition) is 2. The maximum atomic E-state index is 12.3. The second-order valence-corrected chi connectivity index (χ2v) is 5.93. The largest absolute Gasteiger partial charge is 0.401 e. The molecule has 0 atom stereocenters. The number of aromatic amines is 1. The summed E-state index contributed by atoms with van der Waals surface area (Å²) in [6, 6.07) is 6.25. The topological polar surface area (TPSA) is 87.2 Å². The van der Waals surface area contributed by atoms with Crippen LogP contribution in [-0.2, 0) is 11.3 Å². The lowest BCUT2D eigenvalue weighted by molar-refractivity contribution is -0.143. The van der Waals surface area contributed by atoms with E-state index >= 15 is 0 Å². The van der Waals surface area contributed by atoms with Gasteiger partial charge in [-0.2, -0.15) is 13.2 Å². The van der Waals surface area contributed by atoms with Gasteiger partial charge in [-0.05, 0) is 32.1 Å². The Kier molecular flexibility index (Phi) is 6.19. The van der Waals surface area contributed by atoms with Gasteiger partial charge in [-0.15, -0.1) is 0 Å². The Bertz CT molecular complexity index is 889. The molecular formula is C16H19F3N4O3. The number of alkyl halides is 3. The number of halogens is 3. The highest BCUT2D eigenvalue weighted by Crippen LogP contribution is 2.15. The normalized spacial score (nSPS) is 11.9. The SMILES string of the molecule is CN(CCCNC(=O)Cn1[nH]c(=O)c2ccccc2c1=O)CC(F)(F)F. The summed E-state index contributed by atoms with van der Waals surface area (Å²) in [4.78, 5) is 37.2. The Balaban J connectivity index is 1.89. The van der Waals surface area contributed by atoms with E-state index in [9.17, 15) is 27.6 Å². The van der Waals surface area contributed by atoms with E-state index in [-0.39, 0.29) is 30.4 Å². The van der Waals surface area contributed by atoms with Crippen molar-refractivity contribution in [1.82, 2.24) is 20.0 Å². The zero-order valence-corrected chi connectivity index (χ0v) is 14.1. The number of fused-ring (bicyclic) bond motifs is 1. The van der Waals surface area contributed by atoms with Crippen LogP contribution in [-0.4, -0.2) is 53.4 Å². The first-order valence-corrected chi connectivity index (χ1v) is 7.91. The van der Waals surface area contributed by atoms with Crippen LogP contribution in [0.3, 0.4) is 0 Å². The van der Waals surface area contributed by atoms with Gasteiger partial charge in [-0.25, -0.2) is 4.68 Å². The maximum Gasteiger partial charge on any atom is 0.401 e. The Morgan fingerprint density at radius 2 is 1.88 bits per heavy atom. The molecule has 142 valence electrons. The van der Waals surface area contributed by atoms with Crippen LogP contribution in [0.5, 0.6) is 0 Å².